The van der Waals surface area contributed by atoms with Crippen LogP contribution in [0.25, 0.3) is 0 Å². The Hall–Kier alpha value is -2.45. The van der Waals surface area contributed by atoms with Crippen molar-refractivity contribution in [3.8, 4) is 5.88 Å². The summed E-state index contributed by atoms with van der Waals surface area (Å²) in [6.45, 7) is 1.51. The van der Waals surface area contributed by atoms with E-state index in [4.69, 9.17) is 4.52 Å². The summed E-state index contributed by atoms with van der Waals surface area (Å²) in [5.74, 6) is -1.75. The molecule has 2 N–H and O–H groups in total. The fourth-order valence-corrected chi connectivity index (χ4v) is 1.40. The monoisotopic (exact) mass is 256 g/mol. The lowest BCUT2D eigenvalue weighted by molar-refractivity contribution is 0.356. The minimum atomic E-state index is -1.40. The van der Waals surface area contributed by atoms with Crippen molar-refractivity contribution in [3.05, 3.63) is 38.4 Å². The van der Waals surface area contributed by atoms with Gasteiger partial charge in [0, 0.05) is 19.9 Å². The highest BCUT2D eigenvalue weighted by Crippen LogP contribution is 2.08. The van der Waals surface area contributed by atoms with Gasteiger partial charge in [-0.15, -0.1) is 0 Å². The number of hydrogen-bond acceptors (Lipinski definition) is 6. The van der Waals surface area contributed by atoms with Gasteiger partial charge in [-0.05, 0) is 0 Å². The van der Waals surface area contributed by atoms with Crippen molar-refractivity contribution in [1.82, 2.24) is 19.7 Å². The van der Waals surface area contributed by atoms with Gasteiger partial charge in [-0.1, -0.05) is 5.16 Å². The van der Waals surface area contributed by atoms with Crippen LogP contribution in [0.4, 0.5) is 4.39 Å². The van der Waals surface area contributed by atoms with E-state index in [0.717, 1.165) is 0 Å². The van der Waals surface area contributed by atoms with Crippen molar-refractivity contribution in [2.24, 2.45) is 0 Å². The molecule has 0 spiro atoms. The number of rotatable bonds is 3. The van der Waals surface area contributed by atoms with Crippen LogP contribution in [-0.4, -0.2) is 24.8 Å². The summed E-state index contributed by atoms with van der Waals surface area (Å²) in [7, 11) is 0. The largest absolute Gasteiger partial charge is 0.492 e. The van der Waals surface area contributed by atoms with E-state index in [-0.39, 0.29) is 13.0 Å². The Labute approximate surface area is 98.7 Å². The zero-order chi connectivity index (χ0) is 13.3. The second-order valence-corrected chi connectivity index (χ2v) is 3.53. The second-order valence-electron chi connectivity index (χ2n) is 3.53. The third kappa shape index (κ3) is 2.14. The molecule has 0 unspecified atom stereocenters. The number of H-pyrrole nitrogens is 1. The summed E-state index contributed by atoms with van der Waals surface area (Å²) in [6.07, 6.45) is 0.149. The lowest BCUT2D eigenvalue weighted by Crippen LogP contribution is -2.32. The SMILES string of the molecule is Cc1nc(CCn2c(O)c(F)c(=O)[nH]c2=O)no1. The van der Waals surface area contributed by atoms with Crippen molar-refractivity contribution in [2.75, 3.05) is 0 Å². The first-order chi connectivity index (χ1) is 8.49. The quantitative estimate of drug-likeness (QED) is 0.751. The Morgan fingerprint density at radius 2 is 2.22 bits per heavy atom. The molecule has 0 bridgehead atoms. The predicted octanol–water partition coefficient (Wildman–Crippen LogP) is -0.685. The topological polar surface area (TPSA) is 114 Å². The van der Waals surface area contributed by atoms with Crippen LogP contribution in [-0.2, 0) is 13.0 Å². The average Bonchev–Trinajstić information content (AvgIpc) is 2.72. The van der Waals surface area contributed by atoms with E-state index in [0.29, 0.717) is 16.3 Å². The molecule has 0 amide bonds. The lowest BCUT2D eigenvalue weighted by atomic mass is 10.4. The fraction of sp³-hybridized carbons (Fsp3) is 0.333. The number of aromatic nitrogens is 4. The summed E-state index contributed by atoms with van der Waals surface area (Å²) in [6, 6.07) is 0. The van der Waals surface area contributed by atoms with E-state index in [1.807, 2.05) is 0 Å². The lowest BCUT2D eigenvalue weighted by Gasteiger charge is -2.05. The Balaban J connectivity index is 2.27. The van der Waals surface area contributed by atoms with Gasteiger partial charge in [-0.2, -0.15) is 9.37 Å². The molecule has 0 saturated carbocycles. The van der Waals surface area contributed by atoms with Crippen LogP contribution in [0.1, 0.15) is 11.7 Å². The normalized spacial score (nSPS) is 10.8. The third-order valence-electron chi connectivity index (χ3n) is 2.25. The number of aromatic amines is 1. The fourth-order valence-electron chi connectivity index (χ4n) is 1.40. The van der Waals surface area contributed by atoms with Crippen LogP contribution < -0.4 is 11.2 Å². The molecular weight excluding hydrogens is 247 g/mol. The number of nitrogens with zero attached hydrogens (tertiary/aromatic N) is 3. The van der Waals surface area contributed by atoms with Gasteiger partial charge in [-0.3, -0.25) is 14.3 Å². The van der Waals surface area contributed by atoms with E-state index in [2.05, 4.69) is 10.1 Å². The van der Waals surface area contributed by atoms with Gasteiger partial charge < -0.3 is 9.63 Å². The van der Waals surface area contributed by atoms with E-state index >= 15 is 0 Å². The highest BCUT2D eigenvalue weighted by molar-refractivity contribution is 5.09. The molecular formula is C9H9FN4O4. The third-order valence-corrected chi connectivity index (χ3v) is 2.25. The highest BCUT2D eigenvalue weighted by atomic mass is 19.1. The summed E-state index contributed by atoms with van der Waals surface area (Å²) in [4.78, 5) is 27.8. The average molecular weight is 256 g/mol. The molecule has 0 atom stereocenters. The van der Waals surface area contributed by atoms with Gasteiger partial charge in [0.25, 0.3) is 5.56 Å². The van der Waals surface area contributed by atoms with Gasteiger partial charge >= 0.3 is 5.69 Å². The molecule has 2 rings (SSSR count). The summed E-state index contributed by atoms with van der Waals surface area (Å²) in [5, 5.41) is 12.9. The Morgan fingerprint density at radius 3 is 2.83 bits per heavy atom. The van der Waals surface area contributed by atoms with Crippen LogP contribution in [0, 0.1) is 12.7 Å². The van der Waals surface area contributed by atoms with Gasteiger partial charge in [0.2, 0.25) is 17.6 Å². The van der Waals surface area contributed by atoms with Crippen LogP contribution in [0.3, 0.4) is 0 Å². The van der Waals surface area contributed by atoms with Crippen molar-refractivity contribution in [1.29, 1.82) is 0 Å². The molecule has 0 aliphatic rings. The second kappa shape index (κ2) is 4.43. The van der Waals surface area contributed by atoms with Crippen molar-refractivity contribution >= 4 is 0 Å². The summed E-state index contributed by atoms with van der Waals surface area (Å²) < 4.78 is 18.5. The van der Waals surface area contributed by atoms with E-state index < -0.39 is 22.9 Å². The smallest absolute Gasteiger partial charge is 0.331 e. The zero-order valence-corrected chi connectivity index (χ0v) is 9.31. The molecule has 0 fully saturated rings. The number of aryl methyl sites for hydroxylation is 2. The molecule has 18 heavy (non-hydrogen) atoms. The molecule has 0 aromatic carbocycles. The number of halogens is 1. The summed E-state index contributed by atoms with van der Waals surface area (Å²) in [5.41, 5.74) is -2.16. The Kier molecular flexibility index (Phi) is 2.96. The molecule has 0 aliphatic carbocycles. The molecule has 2 aromatic heterocycles. The highest BCUT2D eigenvalue weighted by Gasteiger charge is 2.14. The minimum Gasteiger partial charge on any atom is -0.492 e. The van der Waals surface area contributed by atoms with Crippen LogP contribution in [0.15, 0.2) is 14.1 Å². The molecule has 0 radical (unpaired) electrons. The first kappa shape index (κ1) is 12.0. The number of hydrogen-bond donors (Lipinski definition) is 2. The van der Waals surface area contributed by atoms with E-state index in [9.17, 15) is 19.1 Å². The van der Waals surface area contributed by atoms with Crippen molar-refractivity contribution in [2.45, 2.75) is 19.9 Å². The van der Waals surface area contributed by atoms with E-state index in [1.165, 1.54) is 0 Å². The standard InChI is InChI=1S/C9H9FN4O4/c1-4-11-5(13-18-4)2-3-14-8(16)6(10)7(15)12-9(14)17/h16H,2-3H2,1H3,(H,12,15,17). The van der Waals surface area contributed by atoms with Gasteiger partial charge in [0.15, 0.2) is 5.82 Å². The van der Waals surface area contributed by atoms with Gasteiger partial charge in [0.05, 0.1) is 0 Å². The van der Waals surface area contributed by atoms with Crippen molar-refractivity contribution < 1.29 is 14.0 Å². The maximum atomic E-state index is 13.1. The summed E-state index contributed by atoms with van der Waals surface area (Å²) >= 11 is 0. The first-order valence-electron chi connectivity index (χ1n) is 5.00. The zero-order valence-electron chi connectivity index (χ0n) is 9.31. The van der Waals surface area contributed by atoms with Gasteiger partial charge in [-0.25, -0.2) is 4.79 Å². The molecule has 0 aliphatic heterocycles. The first-order valence-corrected chi connectivity index (χ1v) is 5.00. The molecule has 0 saturated heterocycles. The Morgan fingerprint density at radius 1 is 1.50 bits per heavy atom. The molecule has 2 aromatic rings. The molecule has 8 nitrogen and oxygen atoms in total. The maximum absolute atomic E-state index is 13.1. The molecule has 96 valence electrons. The van der Waals surface area contributed by atoms with E-state index in [1.54, 1.807) is 11.9 Å². The van der Waals surface area contributed by atoms with Crippen LogP contribution in [0.2, 0.25) is 0 Å². The molecule has 9 heteroatoms. The van der Waals surface area contributed by atoms with Crippen molar-refractivity contribution in [3.63, 3.8) is 0 Å². The van der Waals surface area contributed by atoms with Crippen LogP contribution in [0.5, 0.6) is 5.88 Å². The molecule has 2 heterocycles. The number of aromatic hydroxyl groups is 1. The van der Waals surface area contributed by atoms with Crippen LogP contribution >= 0.6 is 0 Å². The Bertz CT molecular complexity index is 687. The van der Waals surface area contributed by atoms with Gasteiger partial charge in [0.1, 0.15) is 0 Å². The maximum Gasteiger partial charge on any atom is 0.331 e. The minimum absolute atomic E-state index is 0.0860. The predicted molar refractivity (Wildman–Crippen MR) is 55.7 cm³/mol. The number of nitrogens with one attached hydrogen (secondary N) is 1.